The number of esters is 1. The summed E-state index contributed by atoms with van der Waals surface area (Å²) in [6, 6.07) is 25.5. The van der Waals surface area contributed by atoms with Gasteiger partial charge in [0.25, 0.3) is 5.91 Å². The van der Waals surface area contributed by atoms with E-state index in [0.29, 0.717) is 5.56 Å². The molecule has 0 radical (unpaired) electrons. The molecule has 3 aromatic carbocycles. The number of carbonyl (C=O) groups is 2. The van der Waals surface area contributed by atoms with Crippen molar-refractivity contribution < 1.29 is 14.3 Å². The van der Waals surface area contributed by atoms with Gasteiger partial charge in [-0.2, -0.15) is 0 Å². The van der Waals surface area contributed by atoms with E-state index in [2.05, 4.69) is 21.2 Å². The molecule has 1 N–H and O–H groups in total. The van der Waals surface area contributed by atoms with E-state index in [1.807, 2.05) is 60.7 Å². The summed E-state index contributed by atoms with van der Waals surface area (Å²) in [7, 11) is 0. The summed E-state index contributed by atoms with van der Waals surface area (Å²) in [5.41, 5.74) is 2.18. The molecule has 4 nitrogen and oxygen atoms in total. The lowest BCUT2D eigenvalue weighted by molar-refractivity contribution is -0.140. The van der Waals surface area contributed by atoms with E-state index in [9.17, 15) is 9.59 Å². The summed E-state index contributed by atoms with van der Waals surface area (Å²) >= 11 is 3.37. The molecule has 0 atom stereocenters. The zero-order chi connectivity index (χ0) is 19.8. The van der Waals surface area contributed by atoms with Crippen molar-refractivity contribution in [2.75, 3.05) is 0 Å². The van der Waals surface area contributed by atoms with Gasteiger partial charge in [0.15, 0.2) is 0 Å². The van der Waals surface area contributed by atoms with Gasteiger partial charge in [-0.15, -0.1) is 0 Å². The molecule has 0 aliphatic heterocycles. The fourth-order valence-corrected chi connectivity index (χ4v) is 2.72. The van der Waals surface area contributed by atoms with Crippen LogP contribution in [0.5, 0.6) is 0 Å². The van der Waals surface area contributed by atoms with Crippen molar-refractivity contribution in [2.45, 2.75) is 6.61 Å². The second kappa shape index (κ2) is 9.67. The highest BCUT2D eigenvalue weighted by Gasteiger charge is 2.16. The summed E-state index contributed by atoms with van der Waals surface area (Å²) in [6.07, 6.45) is 1.60. The number of rotatable bonds is 6. The summed E-state index contributed by atoms with van der Waals surface area (Å²) in [4.78, 5) is 25.1. The van der Waals surface area contributed by atoms with Crippen molar-refractivity contribution in [1.29, 1.82) is 0 Å². The topological polar surface area (TPSA) is 55.4 Å². The number of nitrogens with one attached hydrogen (secondary N) is 1. The van der Waals surface area contributed by atoms with Gasteiger partial charge in [-0.1, -0.05) is 76.6 Å². The van der Waals surface area contributed by atoms with Crippen molar-refractivity contribution in [3.05, 3.63) is 112 Å². The Kier molecular flexibility index (Phi) is 6.76. The fourth-order valence-electron chi connectivity index (χ4n) is 2.45. The maximum atomic E-state index is 12.6. The number of amides is 1. The van der Waals surface area contributed by atoms with Crippen LogP contribution in [0.25, 0.3) is 6.08 Å². The highest BCUT2D eigenvalue weighted by Crippen LogP contribution is 2.13. The molecule has 0 saturated carbocycles. The summed E-state index contributed by atoms with van der Waals surface area (Å²) in [5, 5.41) is 2.67. The molecule has 28 heavy (non-hydrogen) atoms. The maximum Gasteiger partial charge on any atom is 0.355 e. The molecule has 0 aromatic heterocycles. The minimum atomic E-state index is -0.601. The molecule has 5 heteroatoms. The first-order valence-corrected chi connectivity index (χ1v) is 9.46. The van der Waals surface area contributed by atoms with Crippen molar-refractivity contribution in [2.24, 2.45) is 0 Å². The zero-order valence-electron chi connectivity index (χ0n) is 15.0. The summed E-state index contributed by atoms with van der Waals surface area (Å²) in [6.45, 7) is 0.111. The van der Waals surface area contributed by atoms with Gasteiger partial charge in [-0.25, -0.2) is 4.79 Å². The Morgan fingerprint density at radius 1 is 0.857 bits per heavy atom. The first-order chi connectivity index (χ1) is 13.6. The van der Waals surface area contributed by atoms with Crippen LogP contribution in [0.2, 0.25) is 0 Å². The van der Waals surface area contributed by atoms with Crippen LogP contribution in [0.3, 0.4) is 0 Å². The number of halogens is 1. The lowest BCUT2D eigenvalue weighted by Crippen LogP contribution is -2.28. The Labute approximate surface area is 172 Å². The molecule has 3 rings (SSSR count). The first kappa shape index (κ1) is 19.6. The third-order valence-corrected chi connectivity index (χ3v) is 4.43. The average molecular weight is 436 g/mol. The van der Waals surface area contributed by atoms with Gasteiger partial charge >= 0.3 is 5.97 Å². The number of ether oxygens (including phenoxy) is 1. The van der Waals surface area contributed by atoms with Crippen molar-refractivity contribution in [3.8, 4) is 0 Å². The maximum absolute atomic E-state index is 12.6. The lowest BCUT2D eigenvalue weighted by Gasteiger charge is -2.11. The molecule has 0 bridgehead atoms. The second-order valence-electron chi connectivity index (χ2n) is 5.99. The summed E-state index contributed by atoms with van der Waals surface area (Å²) < 4.78 is 6.35. The molecule has 3 aromatic rings. The minimum absolute atomic E-state index is 0.0807. The Bertz CT molecular complexity index is 968. The Morgan fingerprint density at radius 3 is 2.11 bits per heavy atom. The van der Waals surface area contributed by atoms with Gasteiger partial charge in [0.1, 0.15) is 12.3 Å². The molecule has 0 aliphatic carbocycles. The highest BCUT2D eigenvalue weighted by atomic mass is 79.9. The molecule has 0 unspecified atom stereocenters. The Morgan fingerprint density at radius 2 is 1.46 bits per heavy atom. The van der Waals surface area contributed by atoms with Crippen molar-refractivity contribution in [1.82, 2.24) is 5.32 Å². The largest absolute Gasteiger partial charge is 0.456 e. The second-order valence-corrected chi connectivity index (χ2v) is 6.91. The van der Waals surface area contributed by atoms with Crippen LogP contribution in [0.15, 0.2) is 95.1 Å². The van der Waals surface area contributed by atoms with Crippen LogP contribution >= 0.6 is 15.9 Å². The smallest absolute Gasteiger partial charge is 0.355 e. The van der Waals surface area contributed by atoms with Crippen LogP contribution in [0, 0.1) is 0 Å². The van der Waals surface area contributed by atoms with Crippen LogP contribution in [0.1, 0.15) is 21.5 Å². The molecule has 140 valence electrons. The zero-order valence-corrected chi connectivity index (χ0v) is 16.6. The molecule has 0 saturated heterocycles. The van der Waals surface area contributed by atoms with Gasteiger partial charge in [0.05, 0.1) is 0 Å². The van der Waals surface area contributed by atoms with E-state index in [1.54, 1.807) is 30.3 Å². The van der Waals surface area contributed by atoms with Gasteiger partial charge < -0.3 is 10.1 Å². The average Bonchev–Trinajstić information content (AvgIpc) is 2.74. The van der Waals surface area contributed by atoms with E-state index in [4.69, 9.17) is 4.74 Å². The molecular formula is C23H18BrNO3. The van der Waals surface area contributed by atoms with Gasteiger partial charge in [0, 0.05) is 10.0 Å². The number of benzene rings is 3. The minimum Gasteiger partial charge on any atom is -0.456 e. The van der Waals surface area contributed by atoms with Crippen molar-refractivity contribution >= 4 is 33.9 Å². The third kappa shape index (κ3) is 5.66. The fraction of sp³-hybridized carbons (Fsp3) is 0.0435. The monoisotopic (exact) mass is 435 g/mol. The molecular weight excluding hydrogens is 418 g/mol. The first-order valence-electron chi connectivity index (χ1n) is 8.66. The van der Waals surface area contributed by atoms with E-state index >= 15 is 0 Å². The third-order valence-electron chi connectivity index (χ3n) is 3.90. The SMILES string of the molecule is O=C(OCc1ccc(Br)cc1)/C(=C/c1ccccc1)NC(=O)c1ccccc1. The predicted octanol–water partition coefficient (Wildman–Crippen LogP) is 4.96. The molecule has 0 heterocycles. The molecule has 0 fully saturated rings. The Balaban J connectivity index is 1.77. The number of carbonyl (C=O) groups excluding carboxylic acids is 2. The predicted molar refractivity (Wildman–Crippen MR) is 112 cm³/mol. The number of hydrogen-bond acceptors (Lipinski definition) is 3. The van der Waals surface area contributed by atoms with Gasteiger partial charge in [0.2, 0.25) is 0 Å². The van der Waals surface area contributed by atoms with Crippen LogP contribution in [-0.4, -0.2) is 11.9 Å². The molecule has 0 aliphatic rings. The summed E-state index contributed by atoms with van der Waals surface area (Å²) in [5.74, 6) is -0.973. The van der Waals surface area contributed by atoms with Gasteiger partial charge in [-0.05, 0) is 41.5 Å². The van der Waals surface area contributed by atoms with Crippen LogP contribution in [0.4, 0.5) is 0 Å². The van der Waals surface area contributed by atoms with E-state index in [1.165, 1.54) is 0 Å². The molecule has 1 amide bonds. The van der Waals surface area contributed by atoms with Crippen molar-refractivity contribution in [3.63, 3.8) is 0 Å². The van der Waals surface area contributed by atoms with Crippen LogP contribution in [-0.2, 0) is 16.1 Å². The van der Waals surface area contributed by atoms with E-state index in [-0.39, 0.29) is 18.2 Å². The lowest BCUT2D eigenvalue weighted by atomic mass is 10.1. The standard InChI is InChI=1S/C23H18BrNO3/c24-20-13-11-18(12-14-20)16-28-23(27)21(15-17-7-3-1-4-8-17)25-22(26)19-9-5-2-6-10-19/h1-15H,16H2,(H,25,26)/b21-15-. The van der Waals surface area contributed by atoms with E-state index in [0.717, 1.165) is 15.6 Å². The Hall–Kier alpha value is -3.18. The van der Waals surface area contributed by atoms with Gasteiger partial charge in [-0.3, -0.25) is 4.79 Å². The normalized spacial score (nSPS) is 11.0. The van der Waals surface area contributed by atoms with E-state index < -0.39 is 5.97 Å². The molecule has 0 spiro atoms. The quantitative estimate of drug-likeness (QED) is 0.439. The van der Waals surface area contributed by atoms with Crippen LogP contribution < -0.4 is 5.32 Å². The number of hydrogen-bond donors (Lipinski definition) is 1. The highest BCUT2D eigenvalue weighted by molar-refractivity contribution is 9.10.